The van der Waals surface area contributed by atoms with Crippen LogP contribution in [0.15, 0.2) is 6.20 Å². The highest BCUT2D eigenvalue weighted by atomic mass is 32.2. The van der Waals surface area contributed by atoms with Gasteiger partial charge in [-0.2, -0.15) is 11.8 Å². The molecule has 0 aliphatic heterocycles. The molecule has 0 aromatic carbocycles. The van der Waals surface area contributed by atoms with Gasteiger partial charge in [-0.15, -0.1) is 0 Å². The summed E-state index contributed by atoms with van der Waals surface area (Å²) in [6.07, 6.45) is 4.24. The predicted molar refractivity (Wildman–Crippen MR) is 68.7 cm³/mol. The summed E-state index contributed by atoms with van der Waals surface area (Å²) in [5.74, 6) is 2.79. The van der Waals surface area contributed by atoms with Crippen molar-refractivity contribution < 1.29 is 0 Å². The molecule has 0 saturated heterocycles. The number of thioether (sulfide) groups is 1. The lowest BCUT2D eigenvalue weighted by Crippen LogP contribution is -2.13. The zero-order chi connectivity index (χ0) is 11.3. The maximum absolute atomic E-state index is 4.48. The van der Waals surface area contributed by atoms with E-state index >= 15 is 0 Å². The summed E-state index contributed by atoms with van der Waals surface area (Å²) in [4.78, 5) is 4.48. The second-order valence-corrected chi connectivity index (χ2v) is 5.15. The third kappa shape index (κ3) is 4.16. The van der Waals surface area contributed by atoms with Crippen LogP contribution < -0.4 is 5.32 Å². The minimum absolute atomic E-state index is 0.649. The Hall–Kier alpha value is -0.640. The summed E-state index contributed by atoms with van der Waals surface area (Å²) in [5.41, 5.74) is 1.09. The zero-order valence-corrected chi connectivity index (χ0v) is 10.9. The molecule has 1 aromatic heterocycles. The minimum atomic E-state index is 0.649. The van der Waals surface area contributed by atoms with Crippen molar-refractivity contribution in [3.05, 3.63) is 11.9 Å². The van der Waals surface area contributed by atoms with E-state index in [0.29, 0.717) is 5.92 Å². The van der Waals surface area contributed by atoms with E-state index in [9.17, 15) is 0 Å². The molecule has 0 aliphatic rings. The number of rotatable bonds is 6. The van der Waals surface area contributed by atoms with Crippen LogP contribution in [0.5, 0.6) is 0 Å². The van der Waals surface area contributed by atoms with E-state index in [-0.39, 0.29) is 0 Å². The number of aromatic nitrogens is 2. The van der Waals surface area contributed by atoms with Crippen molar-refractivity contribution in [2.24, 2.45) is 5.92 Å². The first kappa shape index (κ1) is 12.4. The van der Waals surface area contributed by atoms with E-state index in [4.69, 9.17) is 0 Å². The first-order chi connectivity index (χ1) is 7.13. The molecule has 1 rings (SSSR count). The molecule has 1 aromatic rings. The summed E-state index contributed by atoms with van der Waals surface area (Å²) in [5, 5.41) is 3.39. The van der Waals surface area contributed by atoms with E-state index < -0.39 is 0 Å². The monoisotopic (exact) mass is 227 g/mol. The highest BCUT2D eigenvalue weighted by molar-refractivity contribution is 7.98. The van der Waals surface area contributed by atoms with Gasteiger partial charge in [-0.05, 0) is 19.1 Å². The lowest BCUT2D eigenvalue weighted by molar-refractivity contribution is 0.674. The fourth-order valence-electron chi connectivity index (χ4n) is 1.34. The molecular formula is C11H21N3S. The van der Waals surface area contributed by atoms with Gasteiger partial charge in [0.2, 0.25) is 5.95 Å². The number of anilines is 1. The summed E-state index contributed by atoms with van der Waals surface area (Å²) in [6, 6.07) is 0. The molecule has 1 heterocycles. The Morgan fingerprint density at radius 3 is 2.87 bits per heavy atom. The molecule has 0 bridgehead atoms. The van der Waals surface area contributed by atoms with Crippen molar-refractivity contribution in [1.82, 2.24) is 9.55 Å². The molecule has 0 radical (unpaired) electrons. The number of aryl methyl sites for hydroxylation is 2. The molecule has 0 saturated carbocycles. The third-order valence-corrected chi connectivity index (χ3v) is 2.69. The molecule has 4 heteroatoms. The molecule has 3 nitrogen and oxygen atoms in total. The van der Waals surface area contributed by atoms with Crippen LogP contribution in [-0.2, 0) is 6.54 Å². The minimum Gasteiger partial charge on any atom is -0.355 e. The van der Waals surface area contributed by atoms with E-state index in [1.807, 2.05) is 18.7 Å². The fraction of sp³-hybridized carbons (Fsp3) is 0.727. The molecule has 1 N–H and O–H groups in total. The Morgan fingerprint density at radius 2 is 2.27 bits per heavy atom. The van der Waals surface area contributed by atoms with Gasteiger partial charge in [0.05, 0.1) is 5.69 Å². The largest absolute Gasteiger partial charge is 0.355 e. The lowest BCUT2D eigenvalue weighted by Gasteiger charge is -2.10. The van der Waals surface area contributed by atoms with Gasteiger partial charge in [0, 0.05) is 25.0 Å². The lowest BCUT2D eigenvalue weighted by atomic mass is 10.2. The van der Waals surface area contributed by atoms with Crippen molar-refractivity contribution in [3.8, 4) is 0 Å². The van der Waals surface area contributed by atoms with Crippen molar-refractivity contribution in [1.29, 1.82) is 0 Å². The smallest absolute Gasteiger partial charge is 0.203 e. The number of hydrogen-bond donors (Lipinski definition) is 1. The summed E-state index contributed by atoms with van der Waals surface area (Å²) < 4.78 is 2.20. The maximum atomic E-state index is 4.48. The van der Waals surface area contributed by atoms with Crippen molar-refractivity contribution in [3.63, 3.8) is 0 Å². The van der Waals surface area contributed by atoms with Gasteiger partial charge < -0.3 is 9.88 Å². The van der Waals surface area contributed by atoms with Crippen molar-refractivity contribution in [2.75, 3.05) is 23.9 Å². The fourth-order valence-corrected chi connectivity index (χ4v) is 1.72. The quantitative estimate of drug-likeness (QED) is 0.810. The molecule has 0 amide bonds. The van der Waals surface area contributed by atoms with Crippen LogP contribution in [0.1, 0.15) is 19.5 Å². The van der Waals surface area contributed by atoms with Gasteiger partial charge in [0.15, 0.2) is 0 Å². The average molecular weight is 227 g/mol. The Kier molecular flexibility index (Phi) is 5.02. The molecule has 0 aliphatic carbocycles. The van der Waals surface area contributed by atoms with Gasteiger partial charge in [-0.25, -0.2) is 4.98 Å². The summed E-state index contributed by atoms with van der Waals surface area (Å²) >= 11 is 1.86. The molecular weight excluding hydrogens is 206 g/mol. The summed E-state index contributed by atoms with van der Waals surface area (Å²) in [6.45, 7) is 8.46. The topological polar surface area (TPSA) is 29.9 Å². The van der Waals surface area contributed by atoms with Gasteiger partial charge in [0.1, 0.15) is 0 Å². The van der Waals surface area contributed by atoms with Gasteiger partial charge >= 0.3 is 0 Å². The molecule has 0 atom stereocenters. The second-order valence-electron chi connectivity index (χ2n) is 4.17. The van der Waals surface area contributed by atoms with Crippen LogP contribution in [0.25, 0.3) is 0 Å². The first-order valence-corrected chi connectivity index (χ1v) is 6.79. The van der Waals surface area contributed by atoms with E-state index in [2.05, 4.69) is 41.2 Å². The van der Waals surface area contributed by atoms with Crippen molar-refractivity contribution in [2.45, 2.75) is 27.3 Å². The molecule has 0 unspecified atom stereocenters. The highest BCUT2D eigenvalue weighted by Crippen LogP contribution is 2.10. The highest BCUT2D eigenvalue weighted by Gasteiger charge is 2.04. The van der Waals surface area contributed by atoms with Crippen LogP contribution >= 0.6 is 11.8 Å². The maximum Gasteiger partial charge on any atom is 0.203 e. The second kappa shape index (κ2) is 6.05. The summed E-state index contributed by atoms with van der Waals surface area (Å²) in [7, 11) is 0. The van der Waals surface area contributed by atoms with Crippen LogP contribution in [0, 0.1) is 12.8 Å². The molecule has 0 fully saturated rings. The van der Waals surface area contributed by atoms with Crippen molar-refractivity contribution >= 4 is 17.7 Å². The van der Waals surface area contributed by atoms with Crippen LogP contribution in [0.4, 0.5) is 5.95 Å². The van der Waals surface area contributed by atoms with E-state index in [1.165, 1.54) is 0 Å². The molecule has 15 heavy (non-hydrogen) atoms. The van der Waals surface area contributed by atoms with Crippen LogP contribution in [-0.4, -0.2) is 28.1 Å². The Bertz CT molecular complexity index is 294. The number of imidazole rings is 1. The Labute approximate surface area is 96.7 Å². The number of hydrogen-bond acceptors (Lipinski definition) is 3. The third-order valence-electron chi connectivity index (χ3n) is 2.10. The number of nitrogens with zero attached hydrogens (tertiary/aromatic N) is 2. The van der Waals surface area contributed by atoms with Gasteiger partial charge in [-0.3, -0.25) is 0 Å². The van der Waals surface area contributed by atoms with Gasteiger partial charge in [0.25, 0.3) is 0 Å². The zero-order valence-electron chi connectivity index (χ0n) is 10.1. The number of nitrogens with one attached hydrogen (secondary N) is 1. The molecule has 86 valence electrons. The normalized spacial score (nSPS) is 11.0. The Balaban J connectivity index is 2.59. The van der Waals surface area contributed by atoms with Crippen LogP contribution in [0.3, 0.4) is 0 Å². The van der Waals surface area contributed by atoms with E-state index in [1.54, 1.807) is 0 Å². The SMILES string of the molecule is CSCCn1cc(C)nc1NCC(C)C. The standard InChI is InChI=1S/C11H21N3S/c1-9(2)7-12-11-13-10(3)8-14(11)5-6-15-4/h8-9H,5-7H2,1-4H3,(H,12,13). The Morgan fingerprint density at radius 1 is 1.53 bits per heavy atom. The van der Waals surface area contributed by atoms with Gasteiger partial charge in [-0.1, -0.05) is 13.8 Å². The van der Waals surface area contributed by atoms with Crippen LogP contribution in [0.2, 0.25) is 0 Å². The molecule has 0 spiro atoms. The average Bonchev–Trinajstić information content (AvgIpc) is 2.52. The van der Waals surface area contributed by atoms with E-state index in [0.717, 1.165) is 30.5 Å². The first-order valence-electron chi connectivity index (χ1n) is 5.40. The predicted octanol–water partition coefficient (Wildman–Crippen LogP) is 2.62.